The van der Waals surface area contributed by atoms with Crippen LogP contribution in [0.25, 0.3) is 0 Å². The predicted molar refractivity (Wildman–Crippen MR) is 53.1 cm³/mol. The van der Waals surface area contributed by atoms with Crippen LogP contribution in [0.4, 0.5) is 0 Å². The summed E-state index contributed by atoms with van der Waals surface area (Å²) in [7, 11) is 0. The average Bonchev–Trinajstić information content (AvgIpc) is 2.04. The molecule has 0 spiro atoms. The first-order valence-electron chi connectivity index (χ1n) is 5.20. The van der Waals surface area contributed by atoms with E-state index in [-0.39, 0.29) is 0 Å². The van der Waals surface area contributed by atoms with E-state index in [1.807, 2.05) is 0 Å². The van der Waals surface area contributed by atoms with Gasteiger partial charge in [0.2, 0.25) is 0 Å². The van der Waals surface area contributed by atoms with Gasteiger partial charge in [-0.3, -0.25) is 0 Å². The molecule has 1 saturated heterocycles. The maximum Gasteiger partial charge on any atom is 0.0168 e. The smallest absolute Gasteiger partial charge is 0.0168 e. The first-order valence-corrected chi connectivity index (χ1v) is 5.20. The van der Waals surface area contributed by atoms with E-state index in [0.717, 1.165) is 12.5 Å². The molecular formula is C10H22N2. The van der Waals surface area contributed by atoms with Gasteiger partial charge in [-0.25, -0.2) is 0 Å². The number of hydrogen-bond donors (Lipinski definition) is 1. The van der Waals surface area contributed by atoms with Crippen molar-refractivity contribution in [1.29, 1.82) is 0 Å². The lowest BCUT2D eigenvalue weighted by atomic mass is 10.0. The third-order valence-electron chi connectivity index (χ3n) is 2.81. The minimum Gasteiger partial charge on any atom is -0.327 e. The summed E-state index contributed by atoms with van der Waals surface area (Å²) >= 11 is 0. The molecule has 2 N–H and O–H groups in total. The molecule has 0 aliphatic carbocycles. The zero-order valence-electron chi connectivity index (χ0n) is 8.42. The summed E-state index contributed by atoms with van der Waals surface area (Å²) in [5.41, 5.74) is 5.90. The second-order valence-electron chi connectivity index (χ2n) is 4.18. The predicted octanol–water partition coefficient (Wildman–Crippen LogP) is 1.46. The van der Waals surface area contributed by atoms with Crippen molar-refractivity contribution in [2.24, 2.45) is 11.7 Å². The van der Waals surface area contributed by atoms with Crippen molar-refractivity contribution >= 4 is 0 Å². The normalized spacial score (nSPS) is 28.8. The number of piperidine rings is 1. The van der Waals surface area contributed by atoms with Crippen LogP contribution >= 0.6 is 0 Å². The molecule has 0 radical (unpaired) electrons. The molecule has 1 aliphatic heterocycles. The Morgan fingerprint density at radius 3 is 2.92 bits per heavy atom. The fraction of sp³-hybridized carbons (Fsp3) is 1.00. The Hall–Kier alpha value is -0.0800. The molecule has 0 saturated carbocycles. The van der Waals surface area contributed by atoms with Gasteiger partial charge >= 0.3 is 0 Å². The van der Waals surface area contributed by atoms with Crippen LogP contribution in [-0.4, -0.2) is 30.6 Å². The van der Waals surface area contributed by atoms with Crippen LogP contribution in [0.3, 0.4) is 0 Å². The Kier molecular flexibility index (Phi) is 4.02. The maximum atomic E-state index is 5.90. The van der Waals surface area contributed by atoms with Gasteiger partial charge in [-0.1, -0.05) is 20.3 Å². The summed E-state index contributed by atoms with van der Waals surface area (Å²) < 4.78 is 0. The molecule has 1 unspecified atom stereocenters. The van der Waals surface area contributed by atoms with Crippen molar-refractivity contribution in [3.05, 3.63) is 0 Å². The van der Waals surface area contributed by atoms with Crippen molar-refractivity contribution in [1.82, 2.24) is 4.90 Å². The van der Waals surface area contributed by atoms with Gasteiger partial charge in [0.15, 0.2) is 0 Å². The van der Waals surface area contributed by atoms with Crippen molar-refractivity contribution in [2.45, 2.75) is 39.2 Å². The van der Waals surface area contributed by atoms with E-state index in [4.69, 9.17) is 5.73 Å². The number of nitrogens with two attached hydrogens (primary N) is 1. The quantitative estimate of drug-likeness (QED) is 0.694. The average molecular weight is 170 g/mol. The maximum absolute atomic E-state index is 5.90. The van der Waals surface area contributed by atoms with Gasteiger partial charge in [0.05, 0.1) is 0 Å². The Balaban J connectivity index is 2.22. The molecule has 2 atom stereocenters. The van der Waals surface area contributed by atoms with Gasteiger partial charge < -0.3 is 10.6 Å². The van der Waals surface area contributed by atoms with Gasteiger partial charge in [0, 0.05) is 19.1 Å². The van der Waals surface area contributed by atoms with Crippen LogP contribution in [0.1, 0.15) is 33.1 Å². The van der Waals surface area contributed by atoms with Crippen molar-refractivity contribution in [3.8, 4) is 0 Å². The van der Waals surface area contributed by atoms with Crippen LogP contribution in [-0.2, 0) is 0 Å². The molecule has 0 aromatic heterocycles. The molecule has 0 bridgehead atoms. The molecule has 72 valence electrons. The highest BCUT2D eigenvalue weighted by Crippen LogP contribution is 2.11. The highest BCUT2D eigenvalue weighted by molar-refractivity contribution is 4.75. The third kappa shape index (κ3) is 3.11. The van der Waals surface area contributed by atoms with Gasteiger partial charge in [0.25, 0.3) is 0 Å². The minimum absolute atomic E-state index is 0.433. The monoisotopic (exact) mass is 170 g/mol. The van der Waals surface area contributed by atoms with E-state index in [0.29, 0.717) is 6.04 Å². The highest BCUT2D eigenvalue weighted by Gasteiger charge is 2.17. The van der Waals surface area contributed by atoms with Crippen LogP contribution < -0.4 is 5.73 Å². The first-order chi connectivity index (χ1) is 5.72. The molecule has 1 fully saturated rings. The highest BCUT2D eigenvalue weighted by atomic mass is 15.1. The molecule has 12 heavy (non-hydrogen) atoms. The van der Waals surface area contributed by atoms with E-state index in [2.05, 4.69) is 18.7 Å². The molecule has 2 nitrogen and oxygen atoms in total. The first kappa shape index (κ1) is 10.0. The molecule has 1 aliphatic rings. The van der Waals surface area contributed by atoms with Crippen LogP contribution in [0.2, 0.25) is 0 Å². The summed E-state index contributed by atoms with van der Waals surface area (Å²) in [5, 5.41) is 0. The molecular weight excluding hydrogens is 148 g/mol. The van der Waals surface area contributed by atoms with E-state index in [1.54, 1.807) is 0 Å². The topological polar surface area (TPSA) is 29.3 Å². The standard InChI is InChI=1S/C10H22N2/c1-3-9(2)7-12-6-4-5-10(11)8-12/h9-10H,3-8,11H2,1-2H3/t9?,10-/m1/s1. The molecule has 0 aromatic rings. The molecule has 2 heteroatoms. The lowest BCUT2D eigenvalue weighted by Gasteiger charge is -2.32. The lowest BCUT2D eigenvalue weighted by molar-refractivity contribution is 0.183. The molecule has 0 amide bonds. The van der Waals surface area contributed by atoms with Crippen LogP contribution in [0, 0.1) is 5.92 Å². The summed E-state index contributed by atoms with van der Waals surface area (Å²) in [5.74, 6) is 0.829. The van der Waals surface area contributed by atoms with Crippen LogP contribution in [0.15, 0.2) is 0 Å². The Bertz CT molecular complexity index is 125. The van der Waals surface area contributed by atoms with Gasteiger partial charge in [0.1, 0.15) is 0 Å². The Morgan fingerprint density at radius 1 is 1.58 bits per heavy atom. The largest absolute Gasteiger partial charge is 0.327 e. The Labute approximate surface area is 76.1 Å². The van der Waals surface area contributed by atoms with Crippen molar-refractivity contribution < 1.29 is 0 Å². The molecule has 0 aromatic carbocycles. The fourth-order valence-corrected chi connectivity index (χ4v) is 1.83. The summed E-state index contributed by atoms with van der Waals surface area (Å²) in [6.07, 6.45) is 3.79. The Morgan fingerprint density at radius 2 is 2.33 bits per heavy atom. The lowest BCUT2D eigenvalue weighted by Crippen LogP contribution is -2.44. The van der Waals surface area contributed by atoms with Crippen LogP contribution in [0.5, 0.6) is 0 Å². The summed E-state index contributed by atoms with van der Waals surface area (Å²) in [6, 6.07) is 0.433. The van der Waals surface area contributed by atoms with E-state index in [9.17, 15) is 0 Å². The minimum atomic E-state index is 0.433. The zero-order valence-corrected chi connectivity index (χ0v) is 8.42. The number of hydrogen-bond acceptors (Lipinski definition) is 2. The van der Waals surface area contributed by atoms with Crippen molar-refractivity contribution in [2.75, 3.05) is 19.6 Å². The number of rotatable bonds is 3. The van der Waals surface area contributed by atoms with Gasteiger partial charge in [-0.05, 0) is 25.3 Å². The second-order valence-corrected chi connectivity index (χ2v) is 4.18. The fourth-order valence-electron chi connectivity index (χ4n) is 1.83. The van der Waals surface area contributed by atoms with Gasteiger partial charge in [-0.15, -0.1) is 0 Å². The number of nitrogens with zero attached hydrogens (tertiary/aromatic N) is 1. The molecule has 1 heterocycles. The van der Waals surface area contributed by atoms with E-state index in [1.165, 1.54) is 32.4 Å². The van der Waals surface area contributed by atoms with E-state index < -0.39 is 0 Å². The summed E-state index contributed by atoms with van der Waals surface area (Å²) in [4.78, 5) is 2.52. The van der Waals surface area contributed by atoms with Gasteiger partial charge in [-0.2, -0.15) is 0 Å². The number of likely N-dealkylation sites (tertiary alicyclic amines) is 1. The van der Waals surface area contributed by atoms with Crippen molar-refractivity contribution in [3.63, 3.8) is 0 Å². The SMILES string of the molecule is CCC(C)CN1CCC[C@@H](N)C1. The summed E-state index contributed by atoms with van der Waals surface area (Å²) in [6.45, 7) is 8.20. The van der Waals surface area contributed by atoms with E-state index >= 15 is 0 Å². The second kappa shape index (κ2) is 4.83. The zero-order chi connectivity index (χ0) is 8.97. The molecule has 1 rings (SSSR count). The third-order valence-corrected chi connectivity index (χ3v) is 2.81.